The fourth-order valence-electron chi connectivity index (χ4n) is 1.72. The summed E-state index contributed by atoms with van der Waals surface area (Å²) in [6.45, 7) is 0. The number of hydrazine groups is 1. The molecule has 1 fully saturated rings. The maximum Gasteiger partial charge on any atom is 0.343 e. The molecule has 82 valence electrons. The lowest BCUT2D eigenvalue weighted by atomic mass is 10.1. The maximum atomic E-state index is 11.7. The Kier molecular flexibility index (Phi) is 1.62. The molecule has 6 nitrogen and oxygen atoms in total. The van der Waals surface area contributed by atoms with Crippen LogP contribution in [0.5, 0.6) is 11.5 Å². The van der Waals surface area contributed by atoms with Gasteiger partial charge in [0.05, 0.1) is 0 Å². The second-order valence-electron chi connectivity index (χ2n) is 3.58. The number of hydrogen-bond donors (Lipinski definition) is 2. The van der Waals surface area contributed by atoms with Crippen molar-refractivity contribution in [3.05, 3.63) is 24.3 Å². The molecule has 1 saturated heterocycles. The molecule has 0 radical (unpaired) electrons. The number of fused-ring (bicyclic) bond motifs is 1. The van der Waals surface area contributed by atoms with E-state index >= 15 is 0 Å². The fourth-order valence-corrected chi connectivity index (χ4v) is 1.72. The Morgan fingerprint density at radius 3 is 2.31 bits per heavy atom. The Morgan fingerprint density at radius 2 is 1.69 bits per heavy atom. The van der Waals surface area contributed by atoms with Gasteiger partial charge in [-0.1, -0.05) is 12.1 Å². The Morgan fingerprint density at radius 1 is 1.06 bits per heavy atom. The van der Waals surface area contributed by atoms with Gasteiger partial charge in [-0.15, -0.1) is 0 Å². The highest BCUT2D eigenvalue weighted by molar-refractivity contribution is 5.95. The molecule has 0 unspecified atom stereocenters. The Bertz CT molecular complexity index is 460. The van der Waals surface area contributed by atoms with E-state index in [1.807, 2.05) is 0 Å². The predicted molar refractivity (Wildman–Crippen MR) is 51.3 cm³/mol. The van der Waals surface area contributed by atoms with Crippen molar-refractivity contribution in [1.82, 2.24) is 10.9 Å². The number of rotatable bonds is 0. The quantitative estimate of drug-likeness (QED) is 0.629. The third-order valence-electron chi connectivity index (χ3n) is 2.45. The summed E-state index contributed by atoms with van der Waals surface area (Å²) >= 11 is 0. The van der Waals surface area contributed by atoms with Crippen LogP contribution in [0.15, 0.2) is 24.3 Å². The summed E-state index contributed by atoms with van der Waals surface area (Å²) in [7, 11) is 0. The van der Waals surface area contributed by atoms with Crippen molar-refractivity contribution in [2.75, 3.05) is 0 Å². The van der Waals surface area contributed by atoms with Crippen LogP contribution in [0.1, 0.15) is 6.42 Å². The minimum absolute atomic E-state index is 0.159. The molecule has 0 aromatic heterocycles. The molecule has 6 heteroatoms. The van der Waals surface area contributed by atoms with Crippen LogP contribution in [-0.4, -0.2) is 17.6 Å². The third-order valence-corrected chi connectivity index (χ3v) is 2.45. The van der Waals surface area contributed by atoms with Gasteiger partial charge in [-0.2, -0.15) is 0 Å². The van der Waals surface area contributed by atoms with E-state index in [9.17, 15) is 9.59 Å². The molecule has 2 N–H and O–H groups in total. The highest BCUT2D eigenvalue weighted by atomic mass is 16.7. The van der Waals surface area contributed by atoms with Gasteiger partial charge in [-0.25, -0.2) is 0 Å². The van der Waals surface area contributed by atoms with E-state index in [0.29, 0.717) is 11.5 Å². The van der Waals surface area contributed by atoms with Gasteiger partial charge in [-0.3, -0.25) is 20.4 Å². The molecule has 16 heavy (non-hydrogen) atoms. The van der Waals surface area contributed by atoms with E-state index in [4.69, 9.17) is 9.47 Å². The molecule has 2 amide bonds. The molecule has 0 atom stereocenters. The highest BCUT2D eigenvalue weighted by Crippen LogP contribution is 2.40. The molecule has 2 aliphatic rings. The van der Waals surface area contributed by atoms with Crippen molar-refractivity contribution >= 4 is 11.8 Å². The number of para-hydroxylation sites is 2. The molecule has 0 saturated carbocycles. The van der Waals surface area contributed by atoms with Gasteiger partial charge < -0.3 is 9.47 Å². The fraction of sp³-hybridized carbons (Fsp3) is 0.200. The Balaban J connectivity index is 1.98. The largest absolute Gasteiger partial charge is 0.440 e. The van der Waals surface area contributed by atoms with Crippen molar-refractivity contribution < 1.29 is 19.1 Å². The lowest BCUT2D eigenvalue weighted by molar-refractivity contribution is -0.171. The van der Waals surface area contributed by atoms with Crippen LogP contribution in [0.2, 0.25) is 0 Å². The number of carbonyl (C=O) groups excluding carboxylic acids is 2. The van der Waals surface area contributed by atoms with Crippen molar-refractivity contribution in [2.24, 2.45) is 0 Å². The molecule has 1 spiro atoms. The number of ether oxygens (including phenoxy) is 2. The van der Waals surface area contributed by atoms with Crippen LogP contribution in [0.4, 0.5) is 0 Å². The average Bonchev–Trinajstić information content (AvgIpc) is 2.63. The maximum absolute atomic E-state index is 11.7. The monoisotopic (exact) mass is 220 g/mol. The van der Waals surface area contributed by atoms with E-state index in [0.717, 1.165) is 0 Å². The molecule has 0 aliphatic carbocycles. The lowest BCUT2D eigenvalue weighted by Gasteiger charge is -2.29. The first kappa shape index (κ1) is 9.02. The minimum atomic E-state index is -1.55. The summed E-state index contributed by atoms with van der Waals surface area (Å²) in [5.41, 5.74) is 4.42. The number of benzene rings is 1. The first-order chi connectivity index (χ1) is 7.70. The Hall–Kier alpha value is -2.24. The standard InChI is InChI=1S/C10H8N2O4/c13-8-5-10(9(14)12-11-8)15-6-3-1-2-4-7(6)16-10/h1-4H,5H2,(H,11,13)(H,12,14). The highest BCUT2D eigenvalue weighted by Gasteiger charge is 2.53. The normalized spacial score (nSPS) is 20.5. The second kappa shape index (κ2) is 2.88. The molecule has 0 bridgehead atoms. The SMILES string of the molecule is O=C1CC2(Oc3ccccc3O2)C(=O)NN1. The van der Waals surface area contributed by atoms with Crippen LogP contribution in [-0.2, 0) is 9.59 Å². The first-order valence-corrected chi connectivity index (χ1v) is 4.76. The number of hydrogen-bond acceptors (Lipinski definition) is 4. The van der Waals surface area contributed by atoms with Crippen LogP contribution in [0.25, 0.3) is 0 Å². The first-order valence-electron chi connectivity index (χ1n) is 4.76. The summed E-state index contributed by atoms with van der Waals surface area (Å²) in [4.78, 5) is 22.9. The molecule has 1 aromatic carbocycles. The van der Waals surface area contributed by atoms with E-state index < -0.39 is 11.7 Å². The van der Waals surface area contributed by atoms with Crippen molar-refractivity contribution in [3.63, 3.8) is 0 Å². The lowest BCUT2D eigenvalue weighted by Crippen LogP contribution is -2.64. The van der Waals surface area contributed by atoms with Crippen molar-refractivity contribution in [2.45, 2.75) is 12.2 Å². The number of carbonyl (C=O) groups is 2. The van der Waals surface area contributed by atoms with E-state index in [1.165, 1.54) is 0 Å². The second-order valence-corrected chi connectivity index (χ2v) is 3.58. The van der Waals surface area contributed by atoms with Crippen LogP contribution >= 0.6 is 0 Å². The van der Waals surface area contributed by atoms with E-state index in [-0.39, 0.29) is 12.3 Å². The average molecular weight is 220 g/mol. The van der Waals surface area contributed by atoms with Gasteiger partial charge >= 0.3 is 11.7 Å². The predicted octanol–water partition coefficient (Wildman–Crippen LogP) is -0.295. The third kappa shape index (κ3) is 1.13. The van der Waals surface area contributed by atoms with Gasteiger partial charge in [-0.05, 0) is 12.1 Å². The molecule has 3 rings (SSSR count). The summed E-state index contributed by atoms with van der Waals surface area (Å²) in [5.74, 6) is -1.48. The van der Waals surface area contributed by atoms with Crippen LogP contribution < -0.4 is 20.3 Å². The van der Waals surface area contributed by atoms with Gasteiger partial charge in [0.15, 0.2) is 11.5 Å². The van der Waals surface area contributed by atoms with Gasteiger partial charge in [0.1, 0.15) is 6.42 Å². The topological polar surface area (TPSA) is 76.7 Å². The van der Waals surface area contributed by atoms with E-state index in [1.54, 1.807) is 24.3 Å². The summed E-state index contributed by atoms with van der Waals surface area (Å²) in [5, 5.41) is 0. The van der Waals surface area contributed by atoms with E-state index in [2.05, 4.69) is 10.9 Å². The summed E-state index contributed by atoms with van der Waals surface area (Å²) in [6.07, 6.45) is -0.159. The minimum Gasteiger partial charge on any atom is -0.440 e. The van der Waals surface area contributed by atoms with Crippen LogP contribution in [0, 0.1) is 0 Å². The van der Waals surface area contributed by atoms with Crippen molar-refractivity contribution in [1.29, 1.82) is 0 Å². The van der Waals surface area contributed by atoms with Crippen molar-refractivity contribution in [3.8, 4) is 11.5 Å². The molecule has 2 aliphatic heterocycles. The van der Waals surface area contributed by atoms with Gasteiger partial charge in [0.2, 0.25) is 5.91 Å². The van der Waals surface area contributed by atoms with Gasteiger partial charge in [0.25, 0.3) is 0 Å². The smallest absolute Gasteiger partial charge is 0.343 e. The zero-order valence-corrected chi connectivity index (χ0v) is 8.15. The van der Waals surface area contributed by atoms with Crippen LogP contribution in [0.3, 0.4) is 0 Å². The summed E-state index contributed by atoms with van der Waals surface area (Å²) < 4.78 is 10.8. The zero-order valence-electron chi connectivity index (χ0n) is 8.15. The van der Waals surface area contributed by atoms with Gasteiger partial charge in [0, 0.05) is 0 Å². The molecular formula is C10H8N2O4. The molecule has 2 heterocycles. The molecule has 1 aromatic rings. The number of nitrogens with one attached hydrogen (secondary N) is 2. The Labute approximate surface area is 90.5 Å². The molecular weight excluding hydrogens is 212 g/mol. The zero-order chi connectivity index (χ0) is 11.2. The number of amides is 2. The summed E-state index contributed by atoms with van der Waals surface area (Å²) in [6, 6.07) is 6.90.